The molecule has 1 aliphatic heterocycles. The summed E-state index contributed by atoms with van der Waals surface area (Å²) in [5, 5.41) is 2.87. The number of ketones is 1. The van der Waals surface area contributed by atoms with Gasteiger partial charge in [-0.05, 0) is 49.6 Å². The second-order valence-electron chi connectivity index (χ2n) is 6.06. The molecule has 0 fully saturated rings. The van der Waals surface area contributed by atoms with Gasteiger partial charge in [0.25, 0.3) is 0 Å². The zero-order chi connectivity index (χ0) is 17.1. The molecule has 2 aromatic carbocycles. The molecule has 24 heavy (non-hydrogen) atoms. The highest BCUT2D eigenvalue weighted by atomic mass is 16.2. The van der Waals surface area contributed by atoms with Crippen LogP contribution in [0.15, 0.2) is 42.5 Å². The van der Waals surface area contributed by atoms with Crippen molar-refractivity contribution in [2.75, 3.05) is 29.0 Å². The Morgan fingerprint density at radius 1 is 1.21 bits per heavy atom. The van der Waals surface area contributed by atoms with Crippen LogP contribution in [0.5, 0.6) is 0 Å². The average Bonchev–Trinajstić information content (AvgIpc) is 2.56. The molecule has 0 spiro atoms. The zero-order valence-corrected chi connectivity index (χ0v) is 13.7. The van der Waals surface area contributed by atoms with Crippen LogP contribution in [0.4, 0.5) is 17.1 Å². The van der Waals surface area contributed by atoms with Gasteiger partial charge in [-0.25, -0.2) is 0 Å². The molecule has 124 valence electrons. The Kier molecular flexibility index (Phi) is 4.51. The molecule has 1 aliphatic rings. The number of hydrogen-bond donors (Lipinski definition) is 2. The highest BCUT2D eigenvalue weighted by Gasteiger charge is 2.20. The number of Topliss-reactive ketones (excluding diaryl/α,β-unsaturated/α-hetero) is 1. The Morgan fingerprint density at radius 3 is 2.79 bits per heavy atom. The standard InChI is InChI=1S/C19H21N3O2/c1-13(23)14-5-2-6-15(11-14)21-19(24)12-22-10-4-7-16-17(20)8-3-9-18(16)22/h2-3,5-6,8-9,11H,4,7,10,12,20H2,1H3,(H,21,24). The monoisotopic (exact) mass is 323 g/mol. The first-order valence-corrected chi connectivity index (χ1v) is 8.08. The zero-order valence-electron chi connectivity index (χ0n) is 13.7. The van der Waals surface area contributed by atoms with Gasteiger partial charge in [0.1, 0.15) is 0 Å². The number of carbonyl (C=O) groups is 2. The van der Waals surface area contributed by atoms with Gasteiger partial charge >= 0.3 is 0 Å². The van der Waals surface area contributed by atoms with E-state index in [1.807, 2.05) is 18.2 Å². The van der Waals surface area contributed by atoms with E-state index in [0.717, 1.165) is 36.3 Å². The lowest BCUT2D eigenvalue weighted by atomic mass is 10.00. The Morgan fingerprint density at radius 2 is 2.00 bits per heavy atom. The Hall–Kier alpha value is -2.82. The summed E-state index contributed by atoms with van der Waals surface area (Å²) in [6, 6.07) is 12.8. The van der Waals surface area contributed by atoms with Crippen molar-refractivity contribution >= 4 is 28.8 Å². The summed E-state index contributed by atoms with van der Waals surface area (Å²) in [5.74, 6) is -0.127. The summed E-state index contributed by atoms with van der Waals surface area (Å²) >= 11 is 0. The number of nitrogens with one attached hydrogen (secondary N) is 1. The first-order chi connectivity index (χ1) is 11.5. The topological polar surface area (TPSA) is 75.4 Å². The minimum Gasteiger partial charge on any atom is -0.398 e. The SMILES string of the molecule is CC(=O)c1cccc(NC(=O)CN2CCCc3c(N)cccc32)c1. The molecule has 1 heterocycles. The molecule has 0 bridgehead atoms. The van der Waals surface area contributed by atoms with E-state index < -0.39 is 0 Å². The maximum absolute atomic E-state index is 12.4. The molecule has 2 aromatic rings. The predicted molar refractivity (Wildman–Crippen MR) is 96.5 cm³/mol. The van der Waals surface area contributed by atoms with Crippen molar-refractivity contribution in [3.63, 3.8) is 0 Å². The van der Waals surface area contributed by atoms with Crippen LogP contribution in [-0.4, -0.2) is 24.8 Å². The Labute approximate surface area is 141 Å². The molecule has 1 amide bonds. The molecule has 5 nitrogen and oxygen atoms in total. The van der Waals surface area contributed by atoms with E-state index >= 15 is 0 Å². The van der Waals surface area contributed by atoms with Crippen LogP contribution in [0.2, 0.25) is 0 Å². The molecule has 0 radical (unpaired) electrons. The fourth-order valence-corrected chi connectivity index (χ4v) is 3.08. The largest absolute Gasteiger partial charge is 0.398 e. The highest BCUT2D eigenvalue weighted by Crippen LogP contribution is 2.31. The van der Waals surface area contributed by atoms with E-state index in [1.165, 1.54) is 6.92 Å². The smallest absolute Gasteiger partial charge is 0.243 e. The molecule has 0 unspecified atom stereocenters. The molecular weight excluding hydrogens is 302 g/mol. The number of fused-ring (bicyclic) bond motifs is 1. The Balaban J connectivity index is 1.71. The second kappa shape index (κ2) is 6.74. The van der Waals surface area contributed by atoms with Crippen LogP contribution in [0.25, 0.3) is 0 Å². The fraction of sp³-hybridized carbons (Fsp3) is 0.263. The lowest BCUT2D eigenvalue weighted by molar-refractivity contribution is -0.115. The maximum Gasteiger partial charge on any atom is 0.243 e. The van der Waals surface area contributed by atoms with Crippen molar-refractivity contribution in [3.8, 4) is 0 Å². The number of amides is 1. The number of benzene rings is 2. The van der Waals surface area contributed by atoms with Gasteiger partial charge < -0.3 is 16.0 Å². The molecule has 0 saturated heterocycles. The third-order valence-corrected chi connectivity index (χ3v) is 4.27. The minimum absolute atomic E-state index is 0.0217. The molecule has 3 N–H and O–H groups in total. The number of nitrogens with zero attached hydrogens (tertiary/aromatic N) is 1. The first kappa shape index (κ1) is 16.1. The second-order valence-corrected chi connectivity index (χ2v) is 6.06. The van der Waals surface area contributed by atoms with Gasteiger partial charge in [-0.2, -0.15) is 0 Å². The average molecular weight is 323 g/mol. The highest BCUT2D eigenvalue weighted by molar-refractivity contribution is 5.98. The molecular formula is C19H21N3O2. The number of carbonyl (C=O) groups excluding carboxylic acids is 2. The van der Waals surface area contributed by atoms with Crippen molar-refractivity contribution < 1.29 is 9.59 Å². The van der Waals surface area contributed by atoms with Gasteiger partial charge in [0.2, 0.25) is 5.91 Å². The van der Waals surface area contributed by atoms with Crippen molar-refractivity contribution in [3.05, 3.63) is 53.6 Å². The van der Waals surface area contributed by atoms with E-state index in [0.29, 0.717) is 11.3 Å². The summed E-state index contributed by atoms with van der Waals surface area (Å²) in [5.41, 5.74) is 10.2. The van der Waals surface area contributed by atoms with Gasteiger partial charge in [0, 0.05) is 29.2 Å². The third-order valence-electron chi connectivity index (χ3n) is 4.27. The van der Waals surface area contributed by atoms with Crippen molar-refractivity contribution in [2.24, 2.45) is 0 Å². The summed E-state index contributed by atoms with van der Waals surface area (Å²) < 4.78 is 0. The normalized spacial score (nSPS) is 13.3. The number of anilines is 3. The van der Waals surface area contributed by atoms with Crippen molar-refractivity contribution in [1.29, 1.82) is 0 Å². The van der Waals surface area contributed by atoms with E-state index in [2.05, 4.69) is 10.2 Å². The van der Waals surface area contributed by atoms with Gasteiger partial charge in [-0.1, -0.05) is 18.2 Å². The minimum atomic E-state index is -0.106. The quantitative estimate of drug-likeness (QED) is 0.670. The van der Waals surface area contributed by atoms with E-state index in [1.54, 1.807) is 24.3 Å². The Bertz CT molecular complexity index is 786. The van der Waals surface area contributed by atoms with Crippen LogP contribution in [0.1, 0.15) is 29.3 Å². The number of hydrogen-bond acceptors (Lipinski definition) is 4. The lowest BCUT2D eigenvalue weighted by Crippen LogP contribution is -2.37. The first-order valence-electron chi connectivity index (χ1n) is 8.08. The van der Waals surface area contributed by atoms with Crippen LogP contribution in [-0.2, 0) is 11.2 Å². The summed E-state index contributed by atoms with van der Waals surface area (Å²) in [6.07, 6.45) is 1.93. The number of nitrogen functional groups attached to an aromatic ring is 1. The lowest BCUT2D eigenvalue weighted by Gasteiger charge is -2.31. The summed E-state index contributed by atoms with van der Waals surface area (Å²) in [7, 11) is 0. The maximum atomic E-state index is 12.4. The van der Waals surface area contributed by atoms with Crippen LogP contribution in [0, 0.1) is 0 Å². The van der Waals surface area contributed by atoms with Gasteiger partial charge in [-0.15, -0.1) is 0 Å². The molecule has 0 saturated carbocycles. The molecule has 0 atom stereocenters. The van der Waals surface area contributed by atoms with Gasteiger partial charge in [0.05, 0.1) is 6.54 Å². The number of nitrogens with two attached hydrogens (primary N) is 1. The van der Waals surface area contributed by atoms with E-state index in [9.17, 15) is 9.59 Å². The summed E-state index contributed by atoms with van der Waals surface area (Å²) in [4.78, 5) is 25.9. The van der Waals surface area contributed by atoms with Crippen molar-refractivity contribution in [1.82, 2.24) is 0 Å². The predicted octanol–water partition coefficient (Wildman–Crippen LogP) is 2.86. The fourth-order valence-electron chi connectivity index (χ4n) is 3.08. The van der Waals surface area contributed by atoms with E-state index in [4.69, 9.17) is 5.73 Å². The van der Waals surface area contributed by atoms with E-state index in [-0.39, 0.29) is 18.2 Å². The van der Waals surface area contributed by atoms with Crippen LogP contribution < -0.4 is 16.0 Å². The van der Waals surface area contributed by atoms with Crippen LogP contribution in [0.3, 0.4) is 0 Å². The molecule has 0 aromatic heterocycles. The summed E-state index contributed by atoms with van der Waals surface area (Å²) in [6.45, 7) is 2.61. The molecule has 0 aliphatic carbocycles. The molecule has 3 rings (SSSR count). The molecule has 5 heteroatoms. The van der Waals surface area contributed by atoms with Gasteiger partial charge in [0.15, 0.2) is 5.78 Å². The number of rotatable bonds is 4. The van der Waals surface area contributed by atoms with Gasteiger partial charge in [-0.3, -0.25) is 9.59 Å². The van der Waals surface area contributed by atoms with Crippen molar-refractivity contribution in [2.45, 2.75) is 19.8 Å². The van der Waals surface area contributed by atoms with Crippen LogP contribution >= 0.6 is 0 Å². The third kappa shape index (κ3) is 3.40.